The fourth-order valence-corrected chi connectivity index (χ4v) is 3.43. The summed E-state index contributed by atoms with van der Waals surface area (Å²) in [5, 5.41) is 0. The maximum atomic E-state index is 6.27. The molecule has 3 nitrogen and oxygen atoms in total. The monoisotopic (exact) mass is 262 g/mol. The fraction of sp³-hybridized carbons (Fsp3) is 0.688. The first kappa shape index (κ1) is 14.5. The maximum absolute atomic E-state index is 6.27. The van der Waals surface area contributed by atoms with Crippen molar-refractivity contribution in [2.75, 3.05) is 6.54 Å². The van der Waals surface area contributed by atoms with Crippen LogP contribution in [0.4, 0.5) is 0 Å². The molecule has 1 heterocycles. The van der Waals surface area contributed by atoms with Crippen molar-refractivity contribution in [1.29, 1.82) is 0 Å². The van der Waals surface area contributed by atoms with Gasteiger partial charge in [0.25, 0.3) is 0 Å². The summed E-state index contributed by atoms with van der Waals surface area (Å²) in [6, 6.07) is 3.98. The second-order valence-corrected chi connectivity index (χ2v) is 6.68. The van der Waals surface area contributed by atoms with Gasteiger partial charge in [0.1, 0.15) is 0 Å². The molecule has 3 heteroatoms. The SMILES string of the molecule is CC1CC(OC(CN)c2cccnc2)CC(C)(C)C1. The maximum Gasteiger partial charge on any atom is 0.0965 e. The highest BCUT2D eigenvalue weighted by Crippen LogP contribution is 2.40. The molecule has 0 radical (unpaired) electrons. The Morgan fingerprint density at radius 1 is 1.47 bits per heavy atom. The van der Waals surface area contributed by atoms with Crippen LogP contribution in [0, 0.1) is 11.3 Å². The summed E-state index contributed by atoms with van der Waals surface area (Å²) in [5.41, 5.74) is 7.33. The predicted octanol–water partition coefficient (Wildman–Crippen LogP) is 3.31. The summed E-state index contributed by atoms with van der Waals surface area (Å²) in [6.45, 7) is 7.50. The normalized spacial score (nSPS) is 28.0. The third-order valence-corrected chi connectivity index (χ3v) is 3.97. The molecule has 0 aliphatic heterocycles. The Bertz CT molecular complexity index is 391. The molecule has 1 saturated carbocycles. The van der Waals surface area contributed by atoms with E-state index in [0.717, 1.165) is 24.3 Å². The average molecular weight is 262 g/mol. The number of hydrogen-bond donors (Lipinski definition) is 1. The molecule has 1 aromatic rings. The Morgan fingerprint density at radius 2 is 2.26 bits per heavy atom. The van der Waals surface area contributed by atoms with E-state index < -0.39 is 0 Å². The van der Waals surface area contributed by atoms with E-state index >= 15 is 0 Å². The van der Waals surface area contributed by atoms with Crippen LogP contribution in [0.25, 0.3) is 0 Å². The second-order valence-electron chi connectivity index (χ2n) is 6.68. The van der Waals surface area contributed by atoms with Crippen LogP contribution in [0.5, 0.6) is 0 Å². The van der Waals surface area contributed by atoms with Crippen LogP contribution in [-0.4, -0.2) is 17.6 Å². The minimum atomic E-state index is -0.0280. The van der Waals surface area contributed by atoms with Gasteiger partial charge in [0.15, 0.2) is 0 Å². The van der Waals surface area contributed by atoms with Crippen molar-refractivity contribution in [1.82, 2.24) is 4.98 Å². The third-order valence-electron chi connectivity index (χ3n) is 3.97. The number of rotatable bonds is 4. The largest absolute Gasteiger partial charge is 0.369 e. The summed E-state index contributed by atoms with van der Waals surface area (Å²) in [7, 11) is 0. The molecule has 0 amide bonds. The zero-order valence-corrected chi connectivity index (χ0v) is 12.3. The molecule has 1 aromatic heterocycles. The summed E-state index contributed by atoms with van der Waals surface area (Å²) in [5.74, 6) is 0.723. The van der Waals surface area contributed by atoms with Crippen LogP contribution in [0.1, 0.15) is 51.7 Å². The van der Waals surface area contributed by atoms with E-state index in [9.17, 15) is 0 Å². The van der Waals surface area contributed by atoms with E-state index in [2.05, 4.69) is 25.8 Å². The average Bonchev–Trinajstić information content (AvgIpc) is 2.34. The van der Waals surface area contributed by atoms with Gasteiger partial charge in [0.2, 0.25) is 0 Å². The van der Waals surface area contributed by atoms with Crippen LogP contribution >= 0.6 is 0 Å². The van der Waals surface area contributed by atoms with Gasteiger partial charge < -0.3 is 10.5 Å². The highest BCUT2D eigenvalue weighted by molar-refractivity contribution is 5.12. The van der Waals surface area contributed by atoms with Crippen molar-refractivity contribution in [2.45, 2.75) is 52.2 Å². The lowest BCUT2D eigenvalue weighted by Gasteiger charge is -2.40. The molecule has 0 bridgehead atoms. The number of nitrogens with two attached hydrogens (primary N) is 1. The van der Waals surface area contributed by atoms with Crippen molar-refractivity contribution < 1.29 is 4.74 Å². The second kappa shape index (κ2) is 6.02. The van der Waals surface area contributed by atoms with Crippen molar-refractivity contribution in [3.63, 3.8) is 0 Å². The molecule has 1 aliphatic carbocycles. The molecule has 0 saturated heterocycles. The molecular weight excluding hydrogens is 236 g/mol. The standard InChI is InChI=1S/C16H26N2O/c1-12-7-14(9-16(2,3)8-12)19-15(10-17)13-5-4-6-18-11-13/h4-6,11-12,14-15H,7-10,17H2,1-3H3. The number of ether oxygens (including phenoxy) is 1. The van der Waals surface area contributed by atoms with E-state index in [4.69, 9.17) is 10.5 Å². The highest BCUT2D eigenvalue weighted by atomic mass is 16.5. The van der Waals surface area contributed by atoms with Gasteiger partial charge in [-0.2, -0.15) is 0 Å². The van der Waals surface area contributed by atoms with Gasteiger partial charge >= 0.3 is 0 Å². The molecular formula is C16H26N2O. The third kappa shape index (κ3) is 4.02. The number of nitrogens with zero attached hydrogens (tertiary/aromatic N) is 1. The summed E-state index contributed by atoms with van der Waals surface area (Å²) < 4.78 is 6.27. The molecule has 3 atom stereocenters. The molecule has 2 N–H and O–H groups in total. The molecule has 2 rings (SSSR count). The topological polar surface area (TPSA) is 48.1 Å². The first-order chi connectivity index (χ1) is 9.00. The van der Waals surface area contributed by atoms with Crippen molar-refractivity contribution >= 4 is 0 Å². The Labute approximate surface area is 116 Å². The Kier molecular flexibility index (Phi) is 4.58. The Hall–Kier alpha value is -0.930. The van der Waals surface area contributed by atoms with Gasteiger partial charge in [0.05, 0.1) is 12.2 Å². The fourth-order valence-electron chi connectivity index (χ4n) is 3.43. The first-order valence-corrected chi connectivity index (χ1v) is 7.25. The minimum Gasteiger partial charge on any atom is -0.369 e. The first-order valence-electron chi connectivity index (χ1n) is 7.25. The summed E-state index contributed by atoms with van der Waals surface area (Å²) in [4.78, 5) is 4.15. The van der Waals surface area contributed by atoms with Gasteiger partial charge in [-0.3, -0.25) is 4.98 Å². The zero-order valence-electron chi connectivity index (χ0n) is 12.3. The molecule has 0 aromatic carbocycles. The highest BCUT2D eigenvalue weighted by Gasteiger charge is 2.33. The van der Waals surface area contributed by atoms with Crippen molar-refractivity contribution in [3.05, 3.63) is 30.1 Å². The lowest BCUT2D eigenvalue weighted by atomic mass is 9.71. The predicted molar refractivity (Wildman–Crippen MR) is 77.7 cm³/mol. The van der Waals surface area contributed by atoms with Crippen LogP contribution in [0.15, 0.2) is 24.5 Å². The Morgan fingerprint density at radius 3 is 2.84 bits per heavy atom. The summed E-state index contributed by atoms with van der Waals surface area (Å²) >= 11 is 0. The van der Waals surface area contributed by atoms with Gasteiger partial charge in [-0.15, -0.1) is 0 Å². The number of hydrogen-bond acceptors (Lipinski definition) is 3. The molecule has 19 heavy (non-hydrogen) atoms. The zero-order chi connectivity index (χ0) is 13.9. The lowest BCUT2D eigenvalue weighted by molar-refractivity contribution is -0.0636. The van der Waals surface area contributed by atoms with Crippen molar-refractivity contribution in [3.8, 4) is 0 Å². The number of aromatic nitrogens is 1. The molecule has 0 spiro atoms. The van der Waals surface area contributed by atoms with Crippen LogP contribution in [0.3, 0.4) is 0 Å². The van der Waals surface area contributed by atoms with E-state index in [1.807, 2.05) is 18.3 Å². The quantitative estimate of drug-likeness (QED) is 0.905. The summed E-state index contributed by atoms with van der Waals surface area (Å²) in [6.07, 6.45) is 7.46. The lowest BCUT2D eigenvalue weighted by Crippen LogP contribution is -2.34. The minimum absolute atomic E-state index is 0.0280. The van der Waals surface area contributed by atoms with E-state index in [0.29, 0.717) is 18.1 Å². The molecule has 1 aliphatic rings. The van der Waals surface area contributed by atoms with Gasteiger partial charge in [-0.05, 0) is 36.7 Å². The van der Waals surface area contributed by atoms with Gasteiger partial charge in [-0.1, -0.05) is 26.8 Å². The van der Waals surface area contributed by atoms with Crippen LogP contribution < -0.4 is 5.73 Å². The molecule has 1 fully saturated rings. The number of pyridine rings is 1. The van der Waals surface area contributed by atoms with E-state index in [1.165, 1.54) is 6.42 Å². The van der Waals surface area contributed by atoms with Crippen LogP contribution in [-0.2, 0) is 4.74 Å². The van der Waals surface area contributed by atoms with E-state index in [1.54, 1.807) is 6.20 Å². The van der Waals surface area contributed by atoms with Crippen molar-refractivity contribution in [2.24, 2.45) is 17.1 Å². The Balaban J connectivity index is 2.02. The van der Waals surface area contributed by atoms with E-state index in [-0.39, 0.29) is 6.10 Å². The molecule has 3 unspecified atom stereocenters. The van der Waals surface area contributed by atoms with Crippen LogP contribution in [0.2, 0.25) is 0 Å². The smallest absolute Gasteiger partial charge is 0.0965 e. The molecule has 106 valence electrons. The van der Waals surface area contributed by atoms with Gasteiger partial charge in [0, 0.05) is 24.5 Å². The van der Waals surface area contributed by atoms with Gasteiger partial charge in [-0.25, -0.2) is 0 Å².